The van der Waals surface area contributed by atoms with Crippen molar-refractivity contribution < 1.29 is 19.0 Å². The Bertz CT molecular complexity index is 783. The monoisotopic (exact) mass is 362 g/mol. The molecule has 0 unspecified atom stereocenters. The molecule has 2 aromatic rings. The van der Waals surface area contributed by atoms with Crippen molar-refractivity contribution in [2.45, 2.75) is 26.8 Å². The number of nitro groups is 1. The molecule has 1 heterocycles. The molecule has 0 bridgehead atoms. The molecule has 0 aliphatic heterocycles. The number of carbonyl (C=O) groups excluding carboxylic acids is 1. The summed E-state index contributed by atoms with van der Waals surface area (Å²) in [5, 5.41) is 17.5. The van der Waals surface area contributed by atoms with Gasteiger partial charge in [-0.1, -0.05) is 5.16 Å². The van der Waals surface area contributed by atoms with Crippen molar-refractivity contribution in [2.75, 3.05) is 26.0 Å². The number of nitro benzene ring substituents is 1. The summed E-state index contributed by atoms with van der Waals surface area (Å²) in [6.45, 7) is 4.85. The van der Waals surface area contributed by atoms with E-state index in [0.29, 0.717) is 18.8 Å². The second-order valence-corrected chi connectivity index (χ2v) is 5.98. The van der Waals surface area contributed by atoms with Crippen molar-refractivity contribution in [3.8, 4) is 5.75 Å². The molecule has 0 aliphatic carbocycles. The number of amides is 1. The summed E-state index contributed by atoms with van der Waals surface area (Å²) in [5.74, 6) is 0.877. The lowest BCUT2D eigenvalue weighted by atomic mass is 10.2. The maximum Gasteiger partial charge on any atom is 0.271 e. The second-order valence-electron chi connectivity index (χ2n) is 5.98. The number of anilines is 1. The molecule has 2 rings (SSSR count). The molecule has 140 valence electrons. The van der Waals surface area contributed by atoms with Gasteiger partial charge in [0.1, 0.15) is 11.5 Å². The van der Waals surface area contributed by atoms with Crippen molar-refractivity contribution in [1.82, 2.24) is 10.1 Å². The molecule has 1 amide bonds. The number of non-ortho nitro benzene ring substituents is 1. The van der Waals surface area contributed by atoms with Crippen LogP contribution in [0.25, 0.3) is 0 Å². The molecule has 1 aromatic heterocycles. The Morgan fingerprint density at radius 3 is 2.73 bits per heavy atom. The smallest absolute Gasteiger partial charge is 0.271 e. The van der Waals surface area contributed by atoms with Crippen molar-refractivity contribution in [2.24, 2.45) is 0 Å². The standard InChI is InChI=1S/C17H22N4O5/c1-11-14(12(2)26-19-11)10-20(3)8-7-17(22)18-15-9-13(21(23)24)5-6-16(15)25-4/h5-6,9H,7-8,10H2,1-4H3,(H,18,22). The number of aryl methyl sites for hydroxylation is 2. The molecule has 0 fully saturated rings. The topological polar surface area (TPSA) is 111 Å². The minimum atomic E-state index is -0.521. The summed E-state index contributed by atoms with van der Waals surface area (Å²) in [6, 6.07) is 4.06. The van der Waals surface area contributed by atoms with Crippen LogP contribution < -0.4 is 10.1 Å². The maximum absolute atomic E-state index is 12.2. The van der Waals surface area contributed by atoms with E-state index < -0.39 is 4.92 Å². The van der Waals surface area contributed by atoms with Gasteiger partial charge in [0.25, 0.3) is 5.69 Å². The van der Waals surface area contributed by atoms with Crippen molar-refractivity contribution in [1.29, 1.82) is 0 Å². The largest absolute Gasteiger partial charge is 0.495 e. The molecule has 0 atom stereocenters. The average Bonchev–Trinajstić information content (AvgIpc) is 2.91. The van der Waals surface area contributed by atoms with Crippen LogP contribution in [0.4, 0.5) is 11.4 Å². The molecule has 9 nitrogen and oxygen atoms in total. The van der Waals surface area contributed by atoms with Crippen molar-refractivity contribution in [3.05, 3.63) is 45.3 Å². The van der Waals surface area contributed by atoms with E-state index in [1.165, 1.54) is 25.3 Å². The van der Waals surface area contributed by atoms with Gasteiger partial charge in [0.15, 0.2) is 0 Å². The highest BCUT2D eigenvalue weighted by Gasteiger charge is 2.15. The Kier molecular flexibility index (Phi) is 6.29. The third-order valence-electron chi connectivity index (χ3n) is 4.00. The van der Waals surface area contributed by atoms with E-state index in [4.69, 9.17) is 9.26 Å². The first kappa shape index (κ1) is 19.4. The molecule has 1 N–H and O–H groups in total. The number of hydrogen-bond acceptors (Lipinski definition) is 7. The van der Waals surface area contributed by atoms with E-state index in [0.717, 1.165) is 17.0 Å². The van der Waals surface area contributed by atoms with Crippen molar-refractivity contribution >= 4 is 17.3 Å². The number of carbonyl (C=O) groups is 1. The first-order valence-electron chi connectivity index (χ1n) is 8.04. The number of hydrogen-bond donors (Lipinski definition) is 1. The molecule has 0 saturated carbocycles. The van der Waals surface area contributed by atoms with Gasteiger partial charge in [0, 0.05) is 37.2 Å². The fourth-order valence-electron chi connectivity index (χ4n) is 2.49. The second kappa shape index (κ2) is 8.43. The van der Waals surface area contributed by atoms with Crippen LogP contribution in [0.2, 0.25) is 0 Å². The normalized spacial score (nSPS) is 10.8. The summed E-state index contributed by atoms with van der Waals surface area (Å²) in [6.07, 6.45) is 0.228. The first-order chi connectivity index (χ1) is 12.3. The lowest BCUT2D eigenvalue weighted by Crippen LogP contribution is -2.24. The molecular formula is C17H22N4O5. The highest BCUT2D eigenvalue weighted by molar-refractivity contribution is 5.92. The Balaban J connectivity index is 1.94. The predicted octanol–water partition coefficient (Wildman–Crippen LogP) is 2.67. The lowest BCUT2D eigenvalue weighted by Gasteiger charge is -2.16. The van der Waals surface area contributed by atoms with Gasteiger partial charge in [0.05, 0.1) is 23.4 Å². The number of nitrogens with zero attached hydrogens (tertiary/aromatic N) is 3. The zero-order chi connectivity index (χ0) is 19.3. The fourth-order valence-corrected chi connectivity index (χ4v) is 2.49. The first-order valence-corrected chi connectivity index (χ1v) is 8.04. The van der Waals surface area contributed by atoms with Crippen molar-refractivity contribution in [3.63, 3.8) is 0 Å². The van der Waals surface area contributed by atoms with E-state index in [2.05, 4.69) is 10.5 Å². The molecule has 26 heavy (non-hydrogen) atoms. The third kappa shape index (κ3) is 4.79. The Morgan fingerprint density at radius 1 is 1.42 bits per heavy atom. The number of ether oxygens (including phenoxy) is 1. The summed E-state index contributed by atoms with van der Waals surface area (Å²) in [7, 11) is 3.33. The molecule has 0 aliphatic rings. The Labute approximate surface area is 151 Å². The number of nitrogens with one attached hydrogen (secondary N) is 1. The van der Waals surface area contributed by atoms with Crippen LogP contribution in [-0.4, -0.2) is 41.6 Å². The van der Waals surface area contributed by atoms with Gasteiger partial charge in [-0.25, -0.2) is 0 Å². The van der Waals surface area contributed by atoms with Crippen LogP contribution in [0.15, 0.2) is 22.7 Å². The predicted molar refractivity (Wildman–Crippen MR) is 95.2 cm³/mol. The maximum atomic E-state index is 12.2. The molecule has 1 aromatic carbocycles. The quantitative estimate of drug-likeness (QED) is 0.567. The molecular weight excluding hydrogens is 340 g/mol. The van der Waals surface area contributed by atoms with Crippen LogP contribution in [0.5, 0.6) is 5.75 Å². The molecule has 9 heteroatoms. The molecule has 0 spiro atoms. The van der Waals surface area contributed by atoms with Gasteiger partial charge in [-0.3, -0.25) is 14.9 Å². The summed E-state index contributed by atoms with van der Waals surface area (Å²) >= 11 is 0. The minimum Gasteiger partial charge on any atom is -0.495 e. The Morgan fingerprint density at radius 2 is 2.15 bits per heavy atom. The SMILES string of the molecule is COc1ccc([N+](=O)[O-])cc1NC(=O)CCN(C)Cc1c(C)noc1C. The van der Waals surface area contributed by atoms with Gasteiger partial charge in [0.2, 0.25) is 5.91 Å². The third-order valence-corrected chi connectivity index (χ3v) is 4.00. The van der Waals surface area contributed by atoms with E-state index in [-0.39, 0.29) is 23.7 Å². The van der Waals surface area contributed by atoms with Gasteiger partial charge in [-0.15, -0.1) is 0 Å². The number of rotatable bonds is 8. The fraction of sp³-hybridized carbons (Fsp3) is 0.412. The number of benzene rings is 1. The van der Waals surface area contributed by atoms with E-state index in [9.17, 15) is 14.9 Å². The minimum absolute atomic E-state index is 0.114. The zero-order valence-corrected chi connectivity index (χ0v) is 15.2. The average molecular weight is 362 g/mol. The number of methoxy groups -OCH3 is 1. The summed E-state index contributed by atoms with van der Waals surface area (Å²) in [4.78, 5) is 24.6. The van der Waals surface area contributed by atoms with Crippen LogP contribution >= 0.6 is 0 Å². The molecule has 0 radical (unpaired) electrons. The van der Waals surface area contributed by atoms with Crippen LogP contribution in [-0.2, 0) is 11.3 Å². The Hall–Kier alpha value is -2.94. The summed E-state index contributed by atoms with van der Waals surface area (Å²) < 4.78 is 10.3. The highest BCUT2D eigenvalue weighted by atomic mass is 16.6. The van der Waals surface area contributed by atoms with Gasteiger partial charge in [-0.05, 0) is 27.0 Å². The molecule has 0 saturated heterocycles. The van der Waals surface area contributed by atoms with E-state index in [1.54, 1.807) is 0 Å². The van der Waals surface area contributed by atoms with Crippen LogP contribution in [0.3, 0.4) is 0 Å². The van der Waals surface area contributed by atoms with Gasteiger partial charge >= 0.3 is 0 Å². The lowest BCUT2D eigenvalue weighted by molar-refractivity contribution is -0.384. The summed E-state index contributed by atoms with van der Waals surface area (Å²) in [5.41, 5.74) is 2.00. The number of aromatic nitrogens is 1. The van der Waals surface area contributed by atoms with E-state index in [1.807, 2.05) is 25.8 Å². The van der Waals surface area contributed by atoms with Gasteiger partial charge in [-0.2, -0.15) is 0 Å². The van der Waals surface area contributed by atoms with Crippen LogP contribution in [0.1, 0.15) is 23.4 Å². The zero-order valence-electron chi connectivity index (χ0n) is 15.2. The highest BCUT2D eigenvalue weighted by Crippen LogP contribution is 2.28. The van der Waals surface area contributed by atoms with E-state index >= 15 is 0 Å². The van der Waals surface area contributed by atoms with Crippen LogP contribution in [0, 0.1) is 24.0 Å². The van der Waals surface area contributed by atoms with Gasteiger partial charge < -0.3 is 19.5 Å².